The van der Waals surface area contributed by atoms with Gasteiger partial charge in [0, 0.05) is 31.7 Å². The normalized spacial score (nSPS) is 19.8. The molecule has 2 unspecified atom stereocenters. The standard InChI is InChI=1S/C25H42N2O3/c1-7-13-26-17-22(9-3)30-23(18-26)12-15-27(14-8-2)25(28)21-10-11-24(20(6)16-21)29-19(4)5/h10-11,16,19,22-23H,7-9,12-15,17-18H2,1-6H3. The number of hydrogen-bond donors (Lipinski definition) is 0. The Morgan fingerprint density at radius 2 is 1.90 bits per heavy atom. The van der Waals surface area contributed by atoms with Crippen molar-refractivity contribution in [3.05, 3.63) is 29.3 Å². The molecule has 170 valence electrons. The van der Waals surface area contributed by atoms with Crippen LogP contribution in [0.3, 0.4) is 0 Å². The quantitative estimate of drug-likeness (QED) is 0.512. The molecule has 0 N–H and O–H groups in total. The van der Waals surface area contributed by atoms with Gasteiger partial charge in [-0.2, -0.15) is 0 Å². The van der Waals surface area contributed by atoms with Gasteiger partial charge in [-0.3, -0.25) is 9.69 Å². The van der Waals surface area contributed by atoms with Crippen LogP contribution >= 0.6 is 0 Å². The van der Waals surface area contributed by atoms with Gasteiger partial charge in [0.2, 0.25) is 0 Å². The Balaban J connectivity index is 2.02. The van der Waals surface area contributed by atoms with Crippen LogP contribution in [0.4, 0.5) is 0 Å². The van der Waals surface area contributed by atoms with Gasteiger partial charge < -0.3 is 14.4 Å². The Hall–Kier alpha value is -1.59. The summed E-state index contributed by atoms with van der Waals surface area (Å²) >= 11 is 0. The summed E-state index contributed by atoms with van der Waals surface area (Å²) in [5, 5.41) is 0. The molecule has 0 spiro atoms. The number of morpholine rings is 1. The molecular formula is C25H42N2O3. The van der Waals surface area contributed by atoms with Crippen molar-refractivity contribution in [2.24, 2.45) is 0 Å². The summed E-state index contributed by atoms with van der Waals surface area (Å²) in [4.78, 5) is 17.7. The fourth-order valence-electron chi connectivity index (χ4n) is 4.13. The average molecular weight is 419 g/mol. The molecule has 1 aromatic carbocycles. The summed E-state index contributed by atoms with van der Waals surface area (Å²) in [7, 11) is 0. The summed E-state index contributed by atoms with van der Waals surface area (Å²) in [5.74, 6) is 0.949. The molecule has 2 rings (SSSR count). The van der Waals surface area contributed by atoms with Crippen LogP contribution in [0.2, 0.25) is 0 Å². The molecule has 5 nitrogen and oxygen atoms in total. The van der Waals surface area contributed by atoms with E-state index in [1.54, 1.807) is 0 Å². The fraction of sp³-hybridized carbons (Fsp3) is 0.720. The predicted octanol–water partition coefficient (Wildman–Crippen LogP) is 4.91. The van der Waals surface area contributed by atoms with E-state index in [0.717, 1.165) is 68.9 Å². The largest absolute Gasteiger partial charge is 0.491 e. The van der Waals surface area contributed by atoms with Gasteiger partial charge in [-0.25, -0.2) is 0 Å². The Labute approximate surface area is 183 Å². The second-order valence-corrected chi connectivity index (χ2v) is 8.78. The van der Waals surface area contributed by atoms with Crippen molar-refractivity contribution in [1.29, 1.82) is 0 Å². The Morgan fingerprint density at radius 1 is 1.17 bits per heavy atom. The fourth-order valence-corrected chi connectivity index (χ4v) is 4.13. The van der Waals surface area contributed by atoms with E-state index in [1.807, 2.05) is 43.9 Å². The summed E-state index contributed by atoms with van der Waals surface area (Å²) in [6.07, 6.45) is 4.67. The zero-order valence-corrected chi connectivity index (χ0v) is 19.9. The van der Waals surface area contributed by atoms with Gasteiger partial charge in [-0.1, -0.05) is 20.8 Å². The summed E-state index contributed by atoms with van der Waals surface area (Å²) in [6.45, 7) is 17.2. The minimum atomic E-state index is 0.101. The zero-order chi connectivity index (χ0) is 22.1. The van der Waals surface area contributed by atoms with Crippen LogP contribution in [-0.4, -0.2) is 66.7 Å². The highest BCUT2D eigenvalue weighted by molar-refractivity contribution is 5.94. The smallest absolute Gasteiger partial charge is 0.253 e. The van der Waals surface area contributed by atoms with E-state index in [9.17, 15) is 4.79 Å². The molecule has 0 aromatic heterocycles. The van der Waals surface area contributed by atoms with Crippen LogP contribution in [0.25, 0.3) is 0 Å². The van der Waals surface area contributed by atoms with E-state index in [2.05, 4.69) is 25.7 Å². The number of carbonyl (C=O) groups excluding carboxylic acids is 1. The van der Waals surface area contributed by atoms with Crippen LogP contribution in [0.15, 0.2) is 18.2 Å². The molecule has 2 atom stereocenters. The molecule has 0 radical (unpaired) electrons. The van der Waals surface area contributed by atoms with E-state index in [-0.39, 0.29) is 18.1 Å². The van der Waals surface area contributed by atoms with E-state index in [1.165, 1.54) is 6.42 Å². The van der Waals surface area contributed by atoms with Crippen molar-refractivity contribution < 1.29 is 14.3 Å². The maximum absolute atomic E-state index is 13.2. The highest BCUT2D eigenvalue weighted by Crippen LogP contribution is 2.22. The Morgan fingerprint density at radius 3 is 2.50 bits per heavy atom. The molecule has 1 fully saturated rings. The zero-order valence-electron chi connectivity index (χ0n) is 19.9. The lowest BCUT2D eigenvalue weighted by molar-refractivity contribution is -0.0901. The van der Waals surface area contributed by atoms with Gasteiger partial charge in [-0.05, 0) is 76.8 Å². The summed E-state index contributed by atoms with van der Waals surface area (Å²) < 4.78 is 12.1. The molecule has 0 aliphatic carbocycles. The van der Waals surface area contributed by atoms with Crippen molar-refractivity contribution in [3.63, 3.8) is 0 Å². The van der Waals surface area contributed by atoms with E-state index in [4.69, 9.17) is 9.47 Å². The lowest BCUT2D eigenvalue weighted by Crippen LogP contribution is -2.48. The number of amides is 1. The third-order valence-electron chi connectivity index (χ3n) is 5.59. The van der Waals surface area contributed by atoms with Crippen LogP contribution < -0.4 is 4.74 Å². The van der Waals surface area contributed by atoms with E-state index in [0.29, 0.717) is 6.10 Å². The van der Waals surface area contributed by atoms with Crippen LogP contribution in [0.5, 0.6) is 5.75 Å². The molecule has 1 aromatic rings. The molecule has 1 aliphatic rings. The van der Waals surface area contributed by atoms with Crippen molar-refractivity contribution in [2.75, 3.05) is 32.7 Å². The highest BCUT2D eigenvalue weighted by Gasteiger charge is 2.27. The topological polar surface area (TPSA) is 42.0 Å². The Bertz CT molecular complexity index is 662. The first kappa shape index (κ1) is 24.7. The van der Waals surface area contributed by atoms with Gasteiger partial charge in [0.25, 0.3) is 5.91 Å². The number of ether oxygens (including phenoxy) is 2. The first-order valence-electron chi connectivity index (χ1n) is 11.8. The van der Waals surface area contributed by atoms with Gasteiger partial charge in [-0.15, -0.1) is 0 Å². The average Bonchev–Trinajstić information content (AvgIpc) is 2.71. The number of benzene rings is 1. The first-order chi connectivity index (χ1) is 14.4. The molecule has 5 heteroatoms. The molecular weight excluding hydrogens is 376 g/mol. The second kappa shape index (κ2) is 12.3. The SMILES string of the molecule is CCCN1CC(CC)OC(CCN(CCC)C(=O)c2ccc(OC(C)C)c(C)c2)C1. The predicted molar refractivity (Wildman–Crippen MR) is 123 cm³/mol. The monoisotopic (exact) mass is 418 g/mol. The summed E-state index contributed by atoms with van der Waals surface area (Å²) in [5.41, 5.74) is 1.74. The van der Waals surface area contributed by atoms with Crippen molar-refractivity contribution in [1.82, 2.24) is 9.80 Å². The lowest BCUT2D eigenvalue weighted by Gasteiger charge is -2.38. The van der Waals surface area contributed by atoms with Crippen LogP contribution in [0.1, 0.15) is 76.2 Å². The van der Waals surface area contributed by atoms with E-state index >= 15 is 0 Å². The first-order valence-corrected chi connectivity index (χ1v) is 11.8. The highest BCUT2D eigenvalue weighted by atomic mass is 16.5. The number of hydrogen-bond acceptors (Lipinski definition) is 4. The molecule has 1 aliphatic heterocycles. The second-order valence-electron chi connectivity index (χ2n) is 8.78. The van der Waals surface area contributed by atoms with Crippen molar-refractivity contribution in [3.8, 4) is 5.75 Å². The van der Waals surface area contributed by atoms with Gasteiger partial charge in [0.1, 0.15) is 5.75 Å². The van der Waals surface area contributed by atoms with Gasteiger partial charge in [0.05, 0.1) is 18.3 Å². The van der Waals surface area contributed by atoms with Gasteiger partial charge in [0.15, 0.2) is 0 Å². The molecule has 0 saturated carbocycles. The molecule has 1 saturated heterocycles. The summed E-state index contributed by atoms with van der Waals surface area (Å²) in [6, 6.07) is 5.77. The molecule has 1 amide bonds. The third kappa shape index (κ3) is 7.28. The number of aryl methyl sites for hydroxylation is 1. The molecule has 0 bridgehead atoms. The van der Waals surface area contributed by atoms with Crippen molar-refractivity contribution in [2.45, 2.75) is 85.5 Å². The number of carbonyl (C=O) groups is 1. The Kier molecular flexibility index (Phi) is 10.1. The number of nitrogens with zero attached hydrogens (tertiary/aromatic N) is 2. The van der Waals surface area contributed by atoms with Crippen molar-refractivity contribution >= 4 is 5.91 Å². The minimum absolute atomic E-state index is 0.101. The maximum Gasteiger partial charge on any atom is 0.253 e. The minimum Gasteiger partial charge on any atom is -0.491 e. The van der Waals surface area contributed by atoms with Crippen LogP contribution in [-0.2, 0) is 4.74 Å². The molecule has 30 heavy (non-hydrogen) atoms. The third-order valence-corrected chi connectivity index (χ3v) is 5.59. The number of rotatable bonds is 11. The maximum atomic E-state index is 13.2. The lowest BCUT2D eigenvalue weighted by atomic mass is 10.1. The van der Waals surface area contributed by atoms with E-state index < -0.39 is 0 Å². The molecule has 1 heterocycles. The van der Waals surface area contributed by atoms with Gasteiger partial charge >= 0.3 is 0 Å². The van der Waals surface area contributed by atoms with Crippen LogP contribution in [0, 0.1) is 6.92 Å².